The minimum atomic E-state index is -1.58. The number of alkyl carbamates (subject to hydrolysis) is 1. The monoisotopic (exact) mass is 587 g/mol. The lowest BCUT2D eigenvalue weighted by Crippen LogP contribution is -2.43. The molecule has 0 bridgehead atoms. The maximum Gasteiger partial charge on any atom is 0.408 e. The van der Waals surface area contributed by atoms with E-state index >= 15 is 0 Å². The van der Waals surface area contributed by atoms with E-state index in [-0.39, 0.29) is 31.6 Å². The summed E-state index contributed by atoms with van der Waals surface area (Å²) in [4.78, 5) is 74.4. The molecule has 1 aromatic carbocycles. The molecule has 2 amide bonds. The SMILES string of the molecule is C[C@@H](C(=O)OCc1ccccc1)c1cncc(C(=O)NCCCC[C@H](OC(=O)N[C@@H](CCC(=O)O)C(=O)O)C(=O)O)c1. The Morgan fingerprint density at radius 3 is 2.29 bits per heavy atom. The number of esters is 1. The zero-order valence-electron chi connectivity index (χ0n) is 22.9. The molecule has 5 N–H and O–H groups in total. The number of pyridine rings is 1. The molecule has 0 unspecified atom stereocenters. The smallest absolute Gasteiger partial charge is 0.408 e. The largest absolute Gasteiger partial charge is 0.481 e. The lowest BCUT2D eigenvalue weighted by molar-refractivity contribution is -0.147. The number of hydrogen-bond donors (Lipinski definition) is 5. The number of carbonyl (C=O) groups excluding carboxylic acids is 3. The molecule has 3 atom stereocenters. The number of rotatable bonds is 17. The first kappa shape index (κ1) is 33.2. The van der Waals surface area contributed by atoms with Crippen LogP contribution in [0, 0.1) is 0 Å². The lowest BCUT2D eigenvalue weighted by Gasteiger charge is -2.17. The molecule has 226 valence electrons. The highest BCUT2D eigenvalue weighted by Gasteiger charge is 2.26. The predicted octanol–water partition coefficient (Wildman–Crippen LogP) is 2.33. The topological polar surface area (TPSA) is 219 Å². The van der Waals surface area contributed by atoms with E-state index in [1.807, 2.05) is 35.6 Å². The fraction of sp³-hybridized carbons (Fsp3) is 0.393. The number of aromatic nitrogens is 1. The summed E-state index contributed by atoms with van der Waals surface area (Å²) in [7, 11) is 0. The van der Waals surface area contributed by atoms with Gasteiger partial charge in [-0.05, 0) is 49.8 Å². The second-order valence-electron chi connectivity index (χ2n) is 9.27. The predicted molar refractivity (Wildman–Crippen MR) is 144 cm³/mol. The highest BCUT2D eigenvalue weighted by atomic mass is 16.6. The van der Waals surface area contributed by atoms with Crippen LogP contribution < -0.4 is 10.6 Å². The number of carbonyl (C=O) groups is 6. The summed E-state index contributed by atoms with van der Waals surface area (Å²) in [6.45, 7) is 1.92. The van der Waals surface area contributed by atoms with Crippen LogP contribution in [0.5, 0.6) is 0 Å². The highest BCUT2D eigenvalue weighted by Crippen LogP contribution is 2.18. The molecule has 1 heterocycles. The Hall–Kier alpha value is -5.01. The van der Waals surface area contributed by atoms with E-state index in [2.05, 4.69) is 10.3 Å². The summed E-state index contributed by atoms with van der Waals surface area (Å²) < 4.78 is 10.2. The number of aliphatic carboxylic acids is 3. The van der Waals surface area contributed by atoms with Crippen molar-refractivity contribution < 1.29 is 53.6 Å². The number of carboxylic acids is 3. The number of carboxylic acid groups (broad SMARTS) is 3. The average Bonchev–Trinajstić information content (AvgIpc) is 2.96. The third-order valence-electron chi connectivity index (χ3n) is 6.04. The van der Waals surface area contributed by atoms with Crippen molar-refractivity contribution in [1.82, 2.24) is 15.6 Å². The van der Waals surface area contributed by atoms with Gasteiger partial charge in [0.25, 0.3) is 5.91 Å². The van der Waals surface area contributed by atoms with Crippen molar-refractivity contribution in [3.8, 4) is 0 Å². The van der Waals surface area contributed by atoms with E-state index < -0.39 is 66.8 Å². The molecular formula is C28H33N3O11. The molecule has 14 nitrogen and oxygen atoms in total. The van der Waals surface area contributed by atoms with E-state index in [4.69, 9.17) is 19.7 Å². The highest BCUT2D eigenvalue weighted by molar-refractivity contribution is 5.94. The number of nitrogens with one attached hydrogen (secondary N) is 2. The summed E-state index contributed by atoms with van der Waals surface area (Å²) in [6.07, 6.45) is -0.574. The maximum atomic E-state index is 12.6. The molecule has 2 rings (SSSR count). The molecule has 1 aromatic heterocycles. The van der Waals surface area contributed by atoms with Crippen molar-refractivity contribution in [2.24, 2.45) is 0 Å². The molecule has 0 aliphatic heterocycles. The van der Waals surface area contributed by atoms with Crippen LogP contribution in [0.4, 0.5) is 4.79 Å². The van der Waals surface area contributed by atoms with E-state index in [9.17, 15) is 33.9 Å². The van der Waals surface area contributed by atoms with Gasteiger partial charge >= 0.3 is 30.0 Å². The Kier molecular flexibility index (Phi) is 13.4. The lowest BCUT2D eigenvalue weighted by atomic mass is 10.0. The molecule has 0 fully saturated rings. The van der Waals surface area contributed by atoms with Gasteiger partial charge in [0.1, 0.15) is 12.6 Å². The zero-order chi connectivity index (χ0) is 31.1. The zero-order valence-corrected chi connectivity index (χ0v) is 22.9. The summed E-state index contributed by atoms with van der Waals surface area (Å²) in [6, 6.07) is 9.17. The molecule has 0 aliphatic carbocycles. The number of amides is 2. The summed E-state index contributed by atoms with van der Waals surface area (Å²) in [5, 5.41) is 31.7. The van der Waals surface area contributed by atoms with Crippen molar-refractivity contribution in [1.29, 1.82) is 0 Å². The van der Waals surface area contributed by atoms with Crippen LogP contribution >= 0.6 is 0 Å². The van der Waals surface area contributed by atoms with Gasteiger partial charge in [-0.2, -0.15) is 0 Å². The van der Waals surface area contributed by atoms with Crippen LogP contribution in [0.1, 0.15) is 66.4 Å². The first-order chi connectivity index (χ1) is 20.0. The van der Waals surface area contributed by atoms with Gasteiger partial charge in [0.05, 0.1) is 11.5 Å². The minimum Gasteiger partial charge on any atom is -0.481 e. The second kappa shape index (κ2) is 16.9. The van der Waals surface area contributed by atoms with Crippen molar-refractivity contribution >= 4 is 35.9 Å². The molecular weight excluding hydrogens is 554 g/mol. The average molecular weight is 588 g/mol. The van der Waals surface area contributed by atoms with Crippen LogP contribution in [0.25, 0.3) is 0 Å². The van der Waals surface area contributed by atoms with Crippen molar-refractivity contribution in [3.63, 3.8) is 0 Å². The van der Waals surface area contributed by atoms with E-state index in [0.717, 1.165) is 5.56 Å². The molecule has 42 heavy (non-hydrogen) atoms. The Balaban J connectivity index is 1.79. The fourth-order valence-corrected chi connectivity index (χ4v) is 3.63. The first-order valence-electron chi connectivity index (χ1n) is 13.1. The minimum absolute atomic E-state index is 0.117. The fourth-order valence-electron chi connectivity index (χ4n) is 3.63. The maximum absolute atomic E-state index is 12.6. The molecule has 2 aromatic rings. The number of benzene rings is 1. The molecule has 14 heteroatoms. The van der Waals surface area contributed by atoms with Crippen molar-refractivity contribution in [3.05, 3.63) is 65.5 Å². The van der Waals surface area contributed by atoms with Crippen molar-refractivity contribution in [2.75, 3.05) is 6.54 Å². The molecule has 0 aliphatic rings. The second-order valence-corrected chi connectivity index (χ2v) is 9.27. The van der Waals surface area contributed by atoms with Crippen LogP contribution in [-0.4, -0.2) is 74.9 Å². The summed E-state index contributed by atoms with van der Waals surface area (Å²) in [5.74, 6) is -5.80. The van der Waals surface area contributed by atoms with Gasteiger partial charge in [-0.15, -0.1) is 0 Å². The van der Waals surface area contributed by atoms with E-state index in [1.165, 1.54) is 18.5 Å². The van der Waals surface area contributed by atoms with Crippen LogP contribution in [-0.2, 0) is 35.3 Å². The van der Waals surface area contributed by atoms with Gasteiger partial charge < -0.3 is 35.4 Å². The number of unbranched alkanes of at least 4 members (excludes halogenated alkanes) is 1. The third-order valence-corrected chi connectivity index (χ3v) is 6.04. The van der Waals surface area contributed by atoms with Gasteiger partial charge in [0.2, 0.25) is 6.10 Å². The van der Waals surface area contributed by atoms with Gasteiger partial charge in [-0.25, -0.2) is 14.4 Å². The van der Waals surface area contributed by atoms with E-state index in [1.54, 1.807) is 6.92 Å². The van der Waals surface area contributed by atoms with Crippen LogP contribution in [0.2, 0.25) is 0 Å². The standard InChI is InChI=1S/C28H33N3O11/c1-17(27(39)41-16-18-7-3-2-4-8-18)19-13-20(15-29-14-19)24(34)30-12-6-5-9-22(26(37)38)42-28(40)31-21(25(35)36)10-11-23(32)33/h2-4,7-8,13-15,17,21-22H,5-6,9-12,16H2,1H3,(H,30,34)(H,31,40)(H,32,33)(H,35,36)(H,37,38)/t17-,21+,22+/m1/s1. The third kappa shape index (κ3) is 11.6. The van der Waals surface area contributed by atoms with Crippen LogP contribution in [0.3, 0.4) is 0 Å². The summed E-state index contributed by atoms with van der Waals surface area (Å²) >= 11 is 0. The molecule has 0 radical (unpaired) electrons. The van der Waals surface area contributed by atoms with Crippen LogP contribution in [0.15, 0.2) is 48.8 Å². The molecule has 0 saturated carbocycles. The molecule has 0 spiro atoms. The summed E-state index contributed by atoms with van der Waals surface area (Å²) in [5.41, 5.74) is 1.55. The quantitative estimate of drug-likeness (QED) is 0.133. The molecule has 0 saturated heterocycles. The Morgan fingerprint density at radius 1 is 0.929 bits per heavy atom. The van der Waals surface area contributed by atoms with Gasteiger partial charge in [0.15, 0.2) is 0 Å². The van der Waals surface area contributed by atoms with Crippen molar-refractivity contribution in [2.45, 2.75) is 63.7 Å². The Morgan fingerprint density at radius 2 is 1.64 bits per heavy atom. The van der Waals surface area contributed by atoms with Gasteiger partial charge in [-0.3, -0.25) is 19.4 Å². The Bertz CT molecular complexity index is 1250. The Labute approximate surface area is 241 Å². The van der Waals surface area contributed by atoms with E-state index in [0.29, 0.717) is 12.0 Å². The van der Waals surface area contributed by atoms with Gasteiger partial charge in [0, 0.05) is 25.4 Å². The number of nitrogens with zero attached hydrogens (tertiary/aromatic N) is 1. The first-order valence-corrected chi connectivity index (χ1v) is 13.1. The normalized spacial score (nSPS) is 12.7. The number of ether oxygens (including phenoxy) is 2. The number of hydrogen-bond acceptors (Lipinski definition) is 9. The van der Waals surface area contributed by atoms with Gasteiger partial charge in [-0.1, -0.05) is 30.3 Å².